The van der Waals surface area contributed by atoms with Crippen LogP contribution in [0.5, 0.6) is 0 Å². The van der Waals surface area contributed by atoms with Crippen LogP contribution in [0.2, 0.25) is 0 Å². The highest BCUT2D eigenvalue weighted by atomic mass is 16.3. The van der Waals surface area contributed by atoms with Gasteiger partial charge in [0.1, 0.15) is 22.3 Å². The summed E-state index contributed by atoms with van der Waals surface area (Å²) in [4.78, 5) is 16.1. The monoisotopic (exact) mass is 851 g/mol. The number of nitrogens with zero attached hydrogens (tertiary/aromatic N) is 3. The second kappa shape index (κ2) is 14.7. The first kappa shape index (κ1) is 37.7. The fraction of sp³-hybridized carbons (Fsp3) is 0.164. The summed E-state index contributed by atoms with van der Waals surface area (Å²) in [7, 11) is 0. The smallest absolute Gasteiger partial charge is 0.167 e. The number of fused-ring (bicyclic) bond motifs is 6. The first-order valence-electron chi connectivity index (χ1n) is 23.6. The Kier molecular flexibility index (Phi) is 8.40. The largest absolute Gasteiger partial charge is 0.455 e. The van der Waals surface area contributed by atoms with Gasteiger partial charge in [0.25, 0.3) is 0 Å². The maximum atomic E-state index is 6.62. The van der Waals surface area contributed by atoms with E-state index in [1.807, 2.05) is 36.4 Å². The predicted molar refractivity (Wildman–Crippen MR) is 267 cm³/mol. The van der Waals surface area contributed by atoms with E-state index in [1.165, 1.54) is 60.8 Å². The van der Waals surface area contributed by atoms with Crippen LogP contribution in [0.15, 0.2) is 191 Å². The Labute approximate surface area is 382 Å². The Balaban J connectivity index is 0.988. The number of rotatable bonds is 7. The van der Waals surface area contributed by atoms with Crippen LogP contribution in [0.4, 0.5) is 0 Å². The standard InChI is InChI=1S/C61H45N3O2/c1-2-12-41(13-3-1)46-14-4-5-15-47(46)43-31-42(40-24-26-45(27-25-40)61-34-37-28-38(35-61)30-39(29-37)36-61)32-44(33-43)58-62-59(52-20-10-18-50-48-16-6-8-22-54(48)65-56(50)52)64-60(63-58)53-21-11-19-51-49-17-7-9-23-55(49)66-57(51)53/h1-27,31-33,37-39H,28-30,34-36H2. The van der Waals surface area contributed by atoms with Gasteiger partial charge in [-0.2, -0.15) is 0 Å². The SMILES string of the molecule is c1ccc(-c2ccccc2-c2cc(-c3ccc(C45CC6CC(CC(C6)C4)C5)cc3)cc(-c3nc(-c4cccc5c4oc4ccccc45)nc(-c4cccc5c4oc4ccccc45)n3)c2)cc1. The molecule has 15 rings (SSSR count). The highest BCUT2D eigenvalue weighted by Crippen LogP contribution is 2.61. The maximum absolute atomic E-state index is 6.62. The molecular formula is C61H45N3O2. The first-order valence-corrected chi connectivity index (χ1v) is 23.6. The molecule has 4 aliphatic carbocycles. The second-order valence-corrected chi connectivity index (χ2v) is 19.4. The average Bonchev–Trinajstić information content (AvgIpc) is 3.95. The zero-order valence-corrected chi connectivity index (χ0v) is 36.5. The van der Waals surface area contributed by atoms with Crippen LogP contribution in [0.1, 0.15) is 44.1 Å². The van der Waals surface area contributed by atoms with Crippen LogP contribution in [-0.2, 0) is 5.41 Å². The minimum atomic E-state index is 0.331. The van der Waals surface area contributed by atoms with Gasteiger partial charge in [-0.05, 0) is 143 Å². The lowest BCUT2D eigenvalue weighted by atomic mass is 9.48. The quantitative estimate of drug-likeness (QED) is 0.160. The van der Waals surface area contributed by atoms with Gasteiger partial charge < -0.3 is 8.83 Å². The van der Waals surface area contributed by atoms with E-state index in [-0.39, 0.29) is 0 Å². The van der Waals surface area contributed by atoms with Gasteiger partial charge in [-0.25, -0.2) is 15.0 Å². The molecule has 11 aromatic rings. The summed E-state index contributed by atoms with van der Waals surface area (Å²) in [6.07, 6.45) is 8.38. The zero-order chi connectivity index (χ0) is 43.3. The van der Waals surface area contributed by atoms with Gasteiger partial charge >= 0.3 is 0 Å². The summed E-state index contributed by atoms with van der Waals surface area (Å²) in [6.45, 7) is 0. The lowest BCUT2D eigenvalue weighted by molar-refractivity contribution is -0.00518. The number of para-hydroxylation sites is 4. The molecule has 5 nitrogen and oxygen atoms in total. The zero-order valence-electron chi connectivity index (χ0n) is 36.5. The van der Waals surface area contributed by atoms with Crippen molar-refractivity contribution in [1.82, 2.24) is 15.0 Å². The summed E-state index contributed by atoms with van der Waals surface area (Å²) in [5.41, 5.74) is 14.4. The molecule has 0 N–H and O–H groups in total. The van der Waals surface area contributed by atoms with Crippen molar-refractivity contribution in [3.05, 3.63) is 188 Å². The van der Waals surface area contributed by atoms with E-state index in [9.17, 15) is 0 Å². The number of aromatic nitrogens is 3. The lowest BCUT2D eigenvalue weighted by Gasteiger charge is -2.57. The Bertz CT molecular complexity index is 3530. The van der Waals surface area contributed by atoms with E-state index >= 15 is 0 Å². The van der Waals surface area contributed by atoms with E-state index < -0.39 is 0 Å². The molecule has 0 unspecified atom stereocenters. The predicted octanol–water partition coefficient (Wildman–Crippen LogP) is 16.1. The van der Waals surface area contributed by atoms with Crippen molar-refractivity contribution in [2.75, 3.05) is 0 Å². The van der Waals surface area contributed by atoms with Crippen LogP contribution in [0, 0.1) is 17.8 Å². The summed E-state index contributed by atoms with van der Waals surface area (Å²) in [6, 6.07) is 64.7. The molecule has 3 aromatic heterocycles. The lowest BCUT2D eigenvalue weighted by Crippen LogP contribution is -2.48. The molecular weight excluding hydrogens is 807 g/mol. The Morgan fingerprint density at radius 2 is 0.803 bits per heavy atom. The highest BCUT2D eigenvalue weighted by Gasteiger charge is 2.51. The van der Waals surface area contributed by atoms with Crippen LogP contribution < -0.4 is 0 Å². The fourth-order valence-electron chi connectivity index (χ4n) is 12.8. The molecule has 4 aliphatic rings. The van der Waals surface area contributed by atoms with E-state index in [1.54, 1.807) is 0 Å². The maximum Gasteiger partial charge on any atom is 0.167 e. The highest BCUT2D eigenvalue weighted by molar-refractivity contribution is 6.10. The third-order valence-corrected chi connectivity index (χ3v) is 15.3. The normalized spacial score (nSPS) is 20.0. The molecule has 8 aromatic carbocycles. The van der Waals surface area contributed by atoms with Crippen LogP contribution in [0.3, 0.4) is 0 Å². The van der Waals surface area contributed by atoms with Crippen molar-refractivity contribution in [3.63, 3.8) is 0 Å². The van der Waals surface area contributed by atoms with Gasteiger partial charge in [0.05, 0.1) is 11.1 Å². The van der Waals surface area contributed by atoms with Gasteiger partial charge in [0.2, 0.25) is 0 Å². The molecule has 0 atom stereocenters. The van der Waals surface area contributed by atoms with Crippen molar-refractivity contribution in [2.45, 2.75) is 43.9 Å². The molecule has 4 bridgehead atoms. The average molecular weight is 852 g/mol. The Hall–Kier alpha value is -7.63. The first-order chi connectivity index (χ1) is 32.6. The summed E-state index contributed by atoms with van der Waals surface area (Å²) in [5.74, 6) is 4.32. The third-order valence-electron chi connectivity index (χ3n) is 15.3. The van der Waals surface area contributed by atoms with Crippen molar-refractivity contribution < 1.29 is 8.83 Å². The number of hydrogen-bond donors (Lipinski definition) is 0. The third kappa shape index (κ3) is 6.10. The van der Waals surface area contributed by atoms with Gasteiger partial charge in [0, 0.05) is 27.1 Å². The molecule has 316 valence electrons. The van der Waals surface area contributed by atoms with Crippen molar-refractivity contribution in [2.24, 2.45) is 17.8 Å². The molecule has 4 fully saturated rings. The van der Waals surface area contributed by atoms with E-state index in [2.05, 4.69) is 146 Å². The summed E-state index contributed by atoms with van der Waals surface area (Å²) >= 11 is 0. The minimum absolute atomic E-state index is 0.331. The van der Waals surface area contributed by atoms with Crippen LogP contribution in [-0.4, -0.2) is 15.0 Å². The number of benzene rings is 8. The van der Waals surface area contributed by atoms with Crippen molar-refractivity contribution in [3.8, 4) is 67.5 Å². The molecule has 0 spiro atoms. The summed E-state index contributed by atoms with van der Waals surface area (Å²) in [5, 5.41) is 4.15. The van der Waals surface area contributed by atoms with E-state index in [0.717, 1.165) is 95.0 Å². The second-order valence-electron chi connectivity index (χ2n) is 19.4. The van der Waals surface area contributed by atoms with Gasteiger partial charge in [0.15, 0.2) is 17.5 Å². The molecule has 4 saturated carbocycles. The van der Waals surface area contributed by atoms with Crippen molar-refractivity contribution >= 4 is 43.9 Å². The Morgan fingerprint density at radius 1 is 0.348 bits per heavy atom. The van der Waals surface area contributed by atoms with E-state index in [4.69, 9.17) is 23.8 Å². The minimum Gasteiger partial charge on any atom is -0.455 e. The fourth-order valence-corrected chi connectivity index (χ4v) is 12.8. The van der Waals surface area contributed by atoms with Gasteiger partial charge in [-0.1, -0.05) is 140 Å². The van der Waals surface area contributed by atoms with Gasteiger partial charge in [-0.3, -0.25) is 0 Å². The van der Waals surface area contributed by atoms with Crippen LogP contribution in [0.25, 0.3) is 111 Å². The topological polar surface area (TPSA) is 65.0 Å². The van der Waals surface area contributed by atoms with E-state index in [0.29, 0.717) is 22.9 Å². The molecule has 5 heteroatoms. The molecule has 66 heavy (non-hydrogen) atoms. The molecule has 3 heterocycles. The van der Waals surface area contributed by atoms with Crippen LogP contribution >= 0.6 is 0 Å². The summed E-state index contributed by atoms with van der Waals surface area (Å²) < 4.78 is 13.2. The molecule has 0 aliphatic heterocycles. The molecule has 0 saturated heterocycles. The number of hydrogen-bond acceptors (Lipinski definition) is 5. The molecule has 0 radical (unpaired) electrons. The molecule has 0 amide bonds. The number of furan rings is 2. The Morgan fingerprint density at radius 3 is 1.39 bits per heavy atom. The van der Waals surface area contributed by atoms with Crippen molar-refractivity contribution in [1.29, 1.82) is 0 Å². The van der Waals surface area contributed by atoms with Gasteiger partial charge in [-0.15, -0.1) is 0 Å².